The molecule has 2 aliphatic rings. The summed E-state index contributed by atoms with van der Waals surface area (Å²) in [5, 5.41) is 4.10. The molecule has 1 amide bonds. The molecular formula is C17H19FN4O4S. The molecule has 1 aromatic carbocycles. The highest BCUT2D eigenvalue weighted by atomic mass is 32.2. The Morgan fingerprint density at radius 2 is 2.00 bits per heavy atom. The predicted octanol–water partition coefficient (Wildman–Crippen LogP) is 1.63. The van der Waals surface area contributed by atoms with Crippen LogP contribution in [0.25, 0.3) is 0 Å². The van der Waals surface area contributed by atoms with E-state index in [1.807, 2.05) is 0 Å². The topological polar surface area (TPSA) is 93.5 Å². The molecule has 4 rings (SSSR count). The molecule has 0 aliphatic carbocycles. The van der Waals surface area contributed by atoms with E-state index in [4.69, 9.17) is 4.74 Å². The van der Waals surface area contributed by atoms with Crippen molar-refractivity contribution in [2.24, 2.45) is 0 Å². The lowest BCUT2D eigenvalue weighted by Gasteiger charge is -2.25. The van der Waals surface area contributed by atoms with Crippen LogP contribution in [0.5, 0.6) is 0 Å². The van der Waals surface area contributed by atoms with E-state index in [0.29, 0.717) is 26.3 Å². The first-order valence-corrected chi connectivity index (χ1v) is 10.2. The average Bonchev–Trinajstić information content (AvgIpc) is 3.24. The molecule has 8 nitrogen and oxygen atoms in total. The quantitative estimate of drug-likeness (QED) is 0.832. The molecular weight excluding hydrogens is 375 g/mol. The second kappa shape index (κ2) is 6.93. The average molecular weight is 394 g/mol. The highest BCUT2D eigenvalue weighted by molar-refractivity contribution is 7.92. The van der Waals surface area contributed by atoms with Gasteiger partial charge in [0.05, 0.1) is 41.6 Å². The van der Waals surface area contributed by atoms with E-state index in [0.717, 1.165) is 18.9 Å². The van der Waals surface area contributed by atoms with E-state index >= 15 is 0 Å². The van der Waals surface area contributed by atoms with Crippen LogP contribution in [0.15, 0.2) is 35.5 Å². The van der Waals surface area contributed by atoms with E-state index in [1.54, 1.807) is 15.8 Å². The minimum absolute atomic E-state index is 0.0941. The fourth-order valence-electron chi connectivity index (χ4n) is 3.11. The Morgan fingerprint density at radius 1 is 1.26 bits per heavy atom. The SMILES string of the molecule is O=C(c1ccc(S(=O)(=O)Nc2cnn(C3COC3)c2)cc1F)N1CCCC1. The third-order valence-electron chi connectivity index (χ3n) is 4.72. The second-order valence-corrected chi connectivity index (χ2v) is 8.33. The molecule has 2 fully saturated rings. The van der Waals surface area contributed by atoms with Crippen LogP contribution in [0, 0.1) is 5.82 Å². The molecule has 0 unspecified atom stereocenters. The Morgan fingerprint density at radius 3 is 2.63 bits per heavy atom. The van der Waals surface area contributed by atoms with Gasteiger partial charge in [0.2, 0.25) is 0 Å². The van der Waals surface area contributed by atoms with Crippen LogP contribution in [0.1, 0.15) is 29.2 Å². The van der Waals surface area contributed by atoms with Crippen LogP contribution in [-0.4, -0.2) is 55.3 Å². The molecule has 0 bridgehead atoms. The van der Waals surface area contributed by atoms with Gasteiger partial charge in [-0.1, -0.05) is 0 Å². The number of nitrogens with zero attached hydrogens (tertiary/aromatic N) is 3. The standard InChI is InChI=1S/C17H19FN4O4S/c18-16-7-14(3-4-15(16)17(23)21-5-1-2-6-21)27(24,25)20-12-8-19-22(9-12)13-10-26-11-13/h3-4,7-9,13,20H,1-2,5-6,10-11H2. The van der Waals surface area contributed by atoms with Crippen molar-refractivity contribution in [2.45, 2.75) is 23.8 Å². The van der Waals surface area contributed by atoms with E-state index in [1.165, 1.54) is 18.3 Å². The van der Waals surface area contributed by atoms with Gasteiger partial charge in [0.15, 0.2) is 0 Å². The maximum atomic E-state index is 14.4. The number of ether oxygens (including phenoxy) is 1. The van der Waals surface area contributed by atoms with Crippen LogP contribution in [-0.2, 0) is 14.8 Å². The van der Waals surface area contributed by atoms with E-state index < -0.39 is 21.7 Å². The van der Waals surface area contributed by atoms with Crippen molar-refractivity contribution < 1.29 is 22.3 Å². The van der Waals surface area contributed by atoms with E-state index in [-0.39, 0.29) is 22.2 Å². The lowest BCUT2D eigenvalue weighted by molar-refractivity contribution is -0.0286. The second-order valence-electron chi connectivity index (χ2n) is 6.65. The van der Waals surface area contributed by atoms with Gasteiger partial charge in [0.25, 0.3) is 15.9 Å². The minimum atomic E-state index is -4.00. The summed E-state index contributed by atoms with van der Waals surface area (Å²) < 4.78 is 48.5. The lowest BCUT2D eigenvalue weighted by Crippen LogP contribution is -2.30. The van der Waals surface area contributed by atoms with Crippen molar-refractivity contribution in [3.05, 3.63) is 42.0 Å². The number of halogens is 1. The smallest absolute Gasteiger partial charge is 0.262 e. The largest absolute Gasteiger partial charge is 0.377 e. The molecule has 0 atom stereocenters. The summed E-state index contributed by atoms with van der Waals surface area (Å²) in [6.45, 7) is 2.25. The number of amides is 1. The predicted molar refractivity (Wildman–Crippen MR) is 94.4 cm³/mol. The Labute approximate surface area is 156 Å². The van der Waals surface area contributed by atoms with Crippen LogP contribution in [0.3, 0.4) is 0 Å². The van der Waals surface area contributed by atoms with Crippen LogP contribution >= 0.6 is 0 Å². The van der Waals surface area contributed by atoms with Crippen LogP contribution in [0.2, 0.25) is 0 Å². The van der Waals surface area contributed by atoms with Gasteiger partial charge >= 0.3 is 0 Å². The zero-order chi connectivity index (χ0) is 19.0. The van der Waals surface area contributed by atoms with Crippen LogP contribution in [0.4, 0.5) is 10.1 Å². The van der Waals surface area contributed by atoms with Crippen molar-refractivity contribution in [1.82, 2.24) is 14.7 Å². The Hall–Kier alpha value is -2.46. The van der Waals surface area contributed by atoms with Crippen molar-refractivity contribution >= 4 is 21.6 Å². The van der Waals surface area contributed by atoms with Gasteiger partial charge < -0.3 is 9.64 Å². The van der Waals surface area contributed by atoms with Gasteiger partial charge in [0, 0.05) is 19.3 Å². The summed E-state index contributed by atoms with van der Waals surface area (Å²) in [6.07, 6.45) is 4.73. The molecule has 2 aliphatic heterocycles. The van der Waals surface area contributed by atoms with E-state index in [9.17, 15) is 17.6 Å². The summed E-state index contributed by atoms with van der Waals surface area (Å²) in [4.78, 5) is 13.6. The molecule has 144 valence electrons. The number of carbonyl (C=O) groups excluding carboxylic acids is 1. The number of nitrogens with one attached hydrogen (secondary N) is 1. The number of hydrogen-bond acceptors (Lipinski definition) is 5. The fourth-order valence-corrected chi connectivity index (χ4v) is 4.15. The Kier molecular flexibility index (Phi) is 4.60. The monoisotopic (exact) mass is 394 g/mol. The summed E-state index contributed by atoms with van der Waals surface area (Å²) in [7, 11) is -4.00. The van der Waals surface area contributed by atoms with E-state index in [2.05, 4.69) is 9.82 Å². The van der Waals surface area contributed by atoms with Crippen molar-refractivity contribution in [3.8, 4) is 0 Å². The lowest BCUT2D eigenvalue weighted by atomic mass is 10.2. The van der Waals surface area contributed by atoms with Gasteiger partial charge in [0.1, 0.15) is 5.82 Å². The third-order valence-corrected chi connectivity index (χ3v) is 6.10. The number of sulfonamides is 1. The molecule has 10 heteroatoms. The molecule has 0 spiro atoms. The number of aromatic nitrogens is 2. The first kappa shape index (κ1) is 17.9. The van der Waals surface area contributed by atoms with Gasteiger partial charge in [-0.2, -0.15) is 5.10 Å². The number of carbonyl (C=O) groups is 1. The number of likely N-dealkylation sites (tertiary alicyclic amines) is 1. The summed E-state index contributed by atoms with van der Waals surface area (Å²) in [5.74, 6) is -1.26. The minimum Gasteiger partial charge on any atom is -0.377 e. The third kappa shape index (κ3) is 3.54. The highest BCUT2D eigenvalue weighted by Gasteiger charge is 2.25. The summed E-state index contributed by atoms with van der Waals surface area (Å²) in [5.41, 5.74) is 0.160. The number of anilines is 1. The van der Waals surface area contributed by atoms with Crippen molar-refractivity contribution in [2.75, 3.05) is 31.0 Å². The first-order valence-electron chi connectivity index (χ1n) is 8.67. The zero-order valence-electron chi connectivity index (χ0n) is 14.5. The van der Waals surface area contributed by atoms with Gasteiger partial charge in [-0.05, 0) is 31.0 Å². The maximum Gasteiger partial charge on any atom is 0.262 e. The van der Waals surface area contributed by atoms with Gasteiger partial charge in [-0.15, -0.1) is 0 Å². The summed E-state index contributed by atoms with van der Waals surface area (Å²) >= 11 is 0. The molecule has 0 radical (unpaired) electrons. The van der Waals surface area contributed by atoms with Crippen molar-refractivity contribution in [3.63, 3.8) is 0 Å². The molecule has 0 saturated carbocycles. The van der Waals surface area contributed by atoms with Gasteiger partial charge in [-0.3, -0.25) is 14.2 Å². The molecule has 2 aromatic rings. The van der Waals surface area contributed by atoms with Crippen molar-refractivity contribution in [1.29, 1.82) is 0 Å². The molecule has 1 aromatic heterocycles. The summed E-state index contributed by atoms with van der Waals surface area (Å²) in [6, 6.07) is 3.42. The van der Waals surface area contributed by atoms with Gasteiger partial charge in [-0.25, -0.2) is 12.8 Å². The highest BCUT2D eigenvalue weighted by Crippen LogP contribution is 2.23. The Balaban J connectivity index is 1.52. The molecule has 1 N–H and O–H groups in total. The number of rotatable bonds is 5. The molecule has 3 heterocycles. The normalized spacial score (nSPS) is 17.7. The zero-order valence-corrected chi connectivity index (χ0v) is 15.3. The maximum absolute atomic E-state index is 14.4. The fraction of sp³-hybridized carbons (Fsp3) is 0.412. The Bertz CT molecular complexity index is 965. The molecule has 2 saturated heterocycles. The number of hydrogen-bond donors (Lipinski definition) is 1. The number of benzene rings is 1. The first-order chi connectivity index (χ1) is 12.9. The molecule has 27 heavy (non-hydrogen) atoms. The van der Waals surface area contributed by atoms with Crippen LogP contribution < -0.4 is 4.72 Å².